The van der Waals surface area contributed by atoms with Gasteiger partial charge in [-0.05, 0) is 51.3 Å². The number of amides is 1. The number of nitrogens with zero attached hydrogens (tertiary/aromatic N) is 2. The van der Waals surface area contributed by atoms with Gasteiger partial charge in [0, 0.05) is 30.2 Å². The fourth-order valence-corrected chi connectivity index (χ4v) is 3.54. The quantitative estimate of drug-likeness (QED) is 0.883. The van der Waals surface area contributed by atoms with Crippen molar-refractivity contribution in [2.24, 2.45) is 5.92 Å². The van der Waals surface area contributed by atoms with E-state index in [1.54, 1.807) is 18.2 Å². The van der Waals surface area contributed by atoms with Crippen LogP contribution in [0.15, 0.2) is 27.4 Å². The molecule has 0 radical (unpaired) electrons. The SMILES string of the molecule is CC(C)N1CCC[C@H](CNC(=O)Cn2c(=O)oc3cc(Cl)ccc32)C1. The molecule has 2 aromatic rings. The molecule has 25 heavy (non-hydrogen) atoms. The molecule has 1 amide bonds. The molecule has 1 saturated heterocycles. The highest BCUT2D eigenvalue weighted by Gasteiger charge is 2.22. The summed E-state index contributed by atoms with van der Waals surface area (Å²) >= 11 is 5.90. The molecule has 0 spiro atoms. The number of benzene rings is 1. The molecular formula is C18H24ClN3O3. The third kappa shape index (κ3) is 4.25. The summed E-state index contributed by atoms with van der Waals surface area (Å²) in [5, 5.41) is 3.45. The number of carbonyl (C=O) groups is 1. The fraction of sp³-hybridized carbons (Fsp3) is 0.556. The number of piperidine rings is 1. The molecule has 1 aromatic heterocycles. The molecular weight excluding hydrogens is 342 g/mol. The molecule has 3 rings (SSSR count). The summed E-state index contributed by atoms with van der Waals surface area (Å²) in [6, 6.07) is 5.48. The van der Waals surface area contributed by atoms with Gasteiger partial charge in [0.1, 0.15) is 6.54 Å². The second kappa shape index (κ2) is 7.62. The van der Waals surface area contributed by atoms with Crippen LogP contribution < -0.4 is 11.1 Å². The number of halogens is 1. The van der Waals surface area contributed by atoms with Gasteiger partial charge < -0.3 is 14.6 Å². The maximum absolute atomic E-state index is 12.3. The molecule has 1 atom stereocenters. The van der Waals surface area contributed by atoms with E-state index in [4.69, 9.17) is 16.0 Å². The maximum Gasteiger partial charge on any atom is 0.420 e. The summed E-state index contributed by atoms with van der Waals surface area (Å²) in [6.07, 6.45) is 2.28. The monoisotopic (exact) mass is 365 g/mol. The average Bonchev–Trinajstić information content (AvgIpc) is 2.88. The van der Waals surface area contributed by atoms with Gasteiger partial charge in [-0.15, -0.1) is 0 Å². The lowest BCUT2D eigenvalue weighted by Gasteiger charge is -2.35. The normalized spacial score (nSPS) is 18.8. The summed E-state index contributed by atoms with van der Waals surface area (Å²) in [5.41, 5.74) is 0.971. The van der Waals surface area contributed by atoms with Crippen LogP contribution in [0.1, 0.15) is 26.7 Å². The number of hydrogen-bond acceptors (Lipinski definition) is 4. The number of likely N-dealkylation sites (tertiary alicyclic amines) is 1. The van der Waals surface area contributed by atoms with Gasteiger partial charge in [0.15, 0.2) is 5.58 Å². The first-order valence-electron chi connectivity index (χ1n) is 8.73. The lowest BCUT2D eigenvalue weighted by molar-refractivity contribution is -0.122. The molecule has 136 valence electrons. The molecule has 7 heteroatoms. The zero-order valence-corrected chi connectivity index (χ0v) is 15.4. The first-order valence-corrected chi connectivity index (χ1v) is 9.11. The summed E-state index contributed by atoms with van der Waals surface area (Å²) < 4.78 is 6.49. The predicted molar refractivity (Wildman–Crippen MR) is 97.9 cm³/mol. The van der Waals surface area contributed by atoms with Crippen LogP contribution in [-0.2, 0) is 11.3 Å². The molecule has 0 unspecified atom stereocenters. The van der Waals surface area contributed by atoms with Crippen LogP contribution >= 0.6 is 11.6 Å². The first-order chi connectivity index (χ1) is 11.9. The van der Waals surface area contributed by atoms with Crippen molar-refractivity contribution in [3.63, 3.8) is 0 Å². The topological polar surface area (TPSA) is 67.5 Å². The van der Waals surface area contributed by atoms with Gasteiger partial charge in [-0.25, -0.2) is 4.79 Å². The third-order valence-electron chi connectivity index (χ3n) is 4.80. The fourth-order valence-electron chi connectivity index (χ4n) is 3.38. The van der Waals surface area contributed by atoms with Crippen molar-refractivity contribution >= 4 is 28.6 Å². The molecule has 1 fully saturated rings. The Balaban J connectivity index is 1.60. The van der Waals surface area contributed by atoms with Gasteiger partial charge in [-0.1, -0.05) is 11.6 Å². The van der Waals surface area contributed by atoms with Gasteiger partial charge in [0.2, 0.25) is 5.91 Å². The Hall–Kier alpha value is -1.79. The standard InChI is InChI=1S/C18H24ClN3O3/c1-12(2)21-7-3-4-13(10-21)9-20-17(23)11-22-15-6-5-14(19)8-16(15)25-18(22)24/h5-6,8,12-13H,3-4,7,9-11H2,1-2H3,(H,20,23)/t13-/m1/s1. The highest BCUT2D eigenvalue weighted by atomic mass is 35.5. The molecule has 0 bridgehead atoms. The number of nitrogens with one attached hydrogen (secondary N) is 1. The summed E-state index contributed by atoms with van der Waals surface area (Å²) in [7, 11) is 0. The van der Waals surface area contributed by atoms with Crippen molar-refractivity contribution in [2.75, 3.05) is 19.6 Å². The van der Waals surface area contributed by atoms with E-state index >= 15 is 0 Å². The number of carbonyl (C=O) groups excluding carboxylic acids is 1. The highest BCUT2D eigenvalue weighted by molar-refractivity contribution is 6.31. The predicted octanol–water partition coefficient (Wildman–Crippen LogP) is 2.48. The van der Waals surface area contributed by atoms with Crippen LogP contribution in [0.3, 0.4) is 0 Å². The number of fused-ring (bicyclic) bond motifs is 1. The minimum absolute atomic E-state index is 0.0475. The Morgan fingerprint density at radius 2 is 2.24 bits per heavy atom. The first kappa shape index (κ1) is 18.0. The van der Waals surface area contributed by atoms with E-state index in [-0.39, 0.29) is 12.5 Å². The van der Waals surface area contributed by atoms with E-state index in [0.29, 0.717) is 34.6 Å². The number of rotatable bonds is 5. The third-order valence-corrected chi connectivity index (χ3v) is 5.04. The molecule has 1 aliphatic rings. The smallest absolute Gasteiger partial charge is 0.408 e. The van der Waals surface area contributed by atoms with Crippen molar-refractivity contribution in [1.82, 2.24) is 14.8 Å². The Morgan fingerprint density at radius 1 is 1.44 bits per heavy atom. The van der Waals surface area contributed by atoms with E-state index in [0.717, 1.165) is 25.9 Å². The van der Waals surface area contributed by atoms with Gasteiger partial charge in [-0.2, -0.15) is 0 Å². The summed E-state index contributed by atoms with van der Waals surface area (Å²) in [4.78, 5) is 26.7. The highest BCUT2D eigenvalue weighted by Crippen LogP contribution is 2.19. The molecule has 2 heterocycles. The summed E-state index contributed by atoms with van der Waals surface area (Å²) in [6.45, 7) is 7.12. The Kier molecular flexibility index (Phi) is 5.49. The zero-order valence-electron chi connectivity index (χ0n) is 14.6. The van der Waals surface area contributed by atoms with Gasteiger partial charge >= 0.3 is 5.76 Å². The second-order valence-electron chi connectivity index (χ2n) is 6.97. The molecule has 6 nitrogen and oxygen atoms in total. The lowest BCUT2D eigenvalue weighted by Crippen LogP contribution is -2.44. The van der Waals surface area contributed by atoms with Crippen LogP contribution in [0.4, 0.5) is 0 Å². The van der Waals surface area contributed by atoms with Gasteiger partial charge in [0.25, 0.3) is 0 Å². The van der Waals surface area contributed by atoms with Gasteiger partial charge in [0.05, 0.1) is 5.52 Å². The van der Waals surface area contributed by atoms with Gasteiger partial charge in [-0.3, -0.25) is 9.36 Å². The molecule has 1 aromatic carbocycles. The van der Waals surface area contributed by atoms with Crippen molar-refractivity contribution in [3.05, 3.63) is 33.8 Å². The number of aromatic nitrogens is 1. The van der Waals surface area contributed by atoms with Crippen LogP contribution in [0.2, 0.25) is 5.02 Å². The number of hydrogen-bond donors (Lipinski definition) is 1. The van der Waals surface area contributed by atoms with E-state index in [1.807, 2.05) is 0 Å². The van der Waals surface area contributed by atoms with Crippen molar-refractivity contribution in [1.29, 1.82) is 0 Å². The van der Waals surface area contributed by atoms with Crippen molar-refractivity contribution in [2.45, 2.75) is 39.3 Å². The average molecular weight is 366 g/mol. The minimum Gasteiger partial charge on any atom is -0.408 e. The molecule has 1 N–H and O–H groups in total. The largest absolute Gasteiger partial charge is 0.420 e. The van der Waals surface area contributed by atoms with E-state index in [2.05, 4.69) is 24.1 Å². The Labute approximate surface area is 151 Å². The van der Waals surface area contributed by atoms with E-state index < -0.39 is 5.76 Å². The summed E-state index contributed by atoms with van der Waals surface area (Å²) in [5.74, 6) is -0.269. The number of oxazole rings is 1. The second-order valence-corrected chi connectivity index (χ2v) is 7.40. The van der Waals surface area contributed by atoms with Crippen LogP contribution in [0.25, 0.3) is 11.1 Å². The Bertz CT molecular complexity index is 811. The van der Waals surface area contributed by atoms with Crippen LogP contribution in [-0.4, -0.2) is 41.1 Å². The molecule has 0 aliphatic carbocycles. The minimum atomic E-state index is -0.545. The van der Waals surface area contributed by atoms with E-state index in [1.165, 1.54) is 4.57 Å². The Morgan fingerprint density at radius 3 is 3.00 bits per heavy atom. The lowest BCUT2D eigenvalue weighted by atomic mass is 9.97. The maximum atomic E-state index is 12.3. The molecule has 1 aliphatic heterocycles. The van der Waals surface area contributed by atoms with E-state index in [9.17, 15) is 9.59 Å². The van der Waals surface area contributed by atoms with Crippen molar-refractivity contribution in [3.8, 4) is 0 Å². The molecule has 0 saturated carbocycles. The zero-order chi connectivity index (χ0) is 18.0. The van der Waals surface area contributed by atoms with Crippen LogP contribution in [0.5, 0.6) is 0 Å². The van der Waals surface area contributed by atoms with Crippen LogP contribution in [0, 0.1) is 5.92 Å². The van der Waals surface area contributed by atoms with Crippen molar-refractivity contribution < 1.29 is 9.21 Å².